The van der Waals surface area contributed by atoms with Gasteiger partial charge in [0.15, 0.2) is 0 Å². The molecule has 0 saturated carbocycles. The lowest BCUT2D eigenvalue weighted by atomic mass is 10.1. The molecule has 0 spiro atoms. The van der Waals surface area contributed by atoms with Crippen LogP contribution in [0.4, 0.5) is 5.69 Å². The van der Waals surface area contributed by atoms with Gasteiger partial charge in [-0.15, -0.1) is 0 Å². The van der Waals surface area contributed by atoms with Gasteiger partial charge in [-0.2, -0.15) is 0 Å². The molecule has 1 aliphatic heterocycles. The number of nitrogens with zero attached hydrogens (tertiary/aromatic N) is 1. The first-order chi connectivity index (χ1) is 8.11. The van der Waals surface area contributed by atoms with Crippen LogP contribution in [-0.4, -0.2) is 31.1 Å². The van der Waals surface area contributed by atoms with Crippen LogP contribution in [0.3, 0.4) is 0 Å². The Labute approximate surface area is 109 Å². The van der Waals surface area contributed by atoms with Crippen molar-refractivity contribution in [2.45, 2.75) is 19.0 Å². The quantitative estimate of drug-likeness (QED) is 0.859. The number of carbonyl (C=O) groups is 1. The van der Waals surface area contributed by atoms with E-state index in [-0.39, 0.29) is 18.0 Å². The molecule has 0 radical (unpaired) electrons. The first-order valence-corrected chi connectivity index (χ1v) is 6.43. The smallest absolute Gasteiger partial charge is 0.244 e. The Kier molecular flexibility index (Phi) is 3.69. The van der Waals surface area contributed by atoms with Crippen LogP contribution >= 0.6 is 15.9 Å². The summed E-state index contributed by atoms with van der Waals surface area (Å²) in [5.74, 6) is 0.00576. The number of benzene rings is 1. The van der Waals surface area contributed by atoms with E-state index >= 15 is 0 Å². The summed E-state index contributed by atoms with van der Waals surface area (Å²) < 4.78 is 1.00. The van der Waals surface area contributed by atoms with E-state index in [0.717, 1.165) is 16.7 Å². The van der Waals surface area contributed by atoms with E-state index in [4.69, 9.17) is 5.73 Å². The largest absolute Gasteiger partial charge is 0.356 e. The molecule has 1 saturated heterocycles. The molecule has 2 unspecified atom stereocenters. The van der Waals surface area contributed by atoms with Gasteiger partial charge in [0.1, 0.15) is 6.04 Å². The summed E-state index contributed by atoms with van der Waals surface area (Å²) in [6.45, 7) is 3.10. The zero-order valence-electron chi connectivity index (χ0n) is 9.69. The molecule has 1 amide bonds. The molecule has 1 heterocycles. The number of piperazine rings is 1. The van der Waals surface area contributed by atoms with Crippen molar-refractivity contribution in [3.8, 4) is 0 Å². The van der Waals surface area contributed by atoms with Gasteiger partial charge in [0.2, 0.25) is 5.91 Å². The predicted molar refractivity (Wildman–Crippen MR) is 71.9 cm³/mol. The topological polar surface area (TPSA) is 58.4 Å². The molecule has 2 atom stereocenters. The fourth-order valence-corrected chi connectivity index (χ4v) is 2.51. The van der Waals surface area contributed by atoms with Gasteiger partial charge in [0.05, 0.1) is 0 Å². The van der Waals surface area contributed by atoms with Crippen molar-refractivity contribution in [3.05, 3.63) is 28.7 Å². The maximum absolute atomic E-state index is 11.9. The van der Waals surface area contributed by atoms with Crippen LogP contribution in [-0.2, 0) is 4.79 Å². The minimum Gasteiger partial charge on any atom is -0.356 e. The highest BCUT2D eigenvalue weighted by molar-refractivity contribution is 9.10. The number of rotatable bonds is 2. The summed E-state index contributed by atoms with van der Waals surface area (Å²) in [6, 6.07) is 7.80. The van der Waals surface area contributed by atoms with Gasteiger partial charge in [-0.05, 0) is 25.1 Å². The number of nitrogens with one attached hydrogen (secondary N) is 1. The van der Waals surface area contributed by atoms with Crippen LogP contribution in [0.25, 0.3) is 0 Å². The second-order valence-electron chi connectivity index (χ2n) is 4.29. The number of hydrogen-bond donors (Lipinski definition) is 2. The second-order valence-corrected chi connectivity index (χ2v) is 5.21. The Morgan fingerprint density at radius 3 is 3.00 bits per heavy atom. The SMILES string of the molecule is CC1CN(c2cccc(Br)c2)C(CN)C(=O)N1. The van der Waals surface area contributed by atoms with Crippen molar-refractivity contribution in [1.29, 1.82) is 0 Å². The molecular formula is C12H16BrN3O. The third-order valence-corrected chi connectivity index (χ3v) is 3.39. The highest BCUT2D eigenvalue weighted by atomic mass is 79.9. The van der Waals surface area contributed by atoms with Crippen LogP contribution in [0.15, 0.2) is 28.7 Å². The maximum atomic E-state index is 11.9. The molecule has 0 aromatic heterocycles. The molecule has 5 heteroatoms. The highest BCUT2D eigenvalue weighted by Gasteiger charge is 2.31. The van der Waals surface area contributed by atoms with E-state index in [2.05, 4.69) is 26.1 Å². The van der Waals surface area contributed by atoms with E-state index in [1.54, 1.807) is 0 Å². The maximum Gasteiger partial charge on any atom is 0.244 e. The zero-order valence-corrected chi connectivity index (χ0v) is 11.3. The Morgan fingerprint density at radius 1 is 1.59 bits per heavy atom. The van der Waals surface area contributed by atoms with Crippen molar-refractivity contribution < 1.29 is 4.79 Å². The predicted octanol–water partition coefficient (Wildman–Crippen LogP) is 1.10. The monoisotopic (exact) mass is 297 g/mol. The number of hydrogen-bond acceptors (Lipinski definition) is 3. The number of halogens is 1. The Morgan fingerprint density at radius 2 is 2.35 bits per heavy atom. The first kappa shape index (κ1) is 12.4. The van der Waals surface area contributed by atoms with Crippen LogP contribution < -0.4 is 16.0 Å². The van der Waals surface area contributed by atoms with E-state index in [9.17, 15) is 4.79 Å². The number of carbonyl (C=O) groups excluding carboxylic acids is 1. The standard InChI is InChI=1S/C12H16BrN3O/c1-8-7-16(11(6-14)12(17)15-8)10-4-2-3-9(13)5-10/h2-5,8,11H,6-7,14H2,1H3,(H,15,17). The Balaban J connectivity index is 2.30. The molecule has 17 heavy (non-hydrogen) atoms. The van der Waals surface area contributed by atoms with E-state index in [1.165, 1.54) is 0 Å². The molecule has 4 nitrogen and oxygen atoms in total. The van der Waals surface area contributed by atoms with Gasteiger partial charge in [0.25, 0.3) is 0 Å². The summed E-state index contributed by atoms with van der Waals surface area (Å²) in [5.41, 5.74) is 6.72. The summed E-state index contributed by atoms with van der Waals surface area (Å²) in [5, 5.41) is 2.92. The lowest BCUT2D eigenvalue weighted by Gasteiger charge is -2.39. The molecule has 1 fully saturated rings. The average molecular weight is 298 g/mol. The molecule has 0 bridgehead atoms. The van der Waals surface area contributed by atoms with Gasteiger partial charge in [0, 0.05) is 29.3 Å². The van der Waals surface area contributed by atoms with Crippen molar-refractivity contribution in [3.63, 3.8) is 0 Å². The van der Waals surface area contributed by atoms with Gasteiger partial charge < -0.3 is 16.0 Å². The highest BCUT2D eigenvalue weighted by Crippen LogP contribution is 2.23. The Hall–Kier alpha value is -1.07. The lowest BCUT2D eigenvalue weighted by Crippen LogP contribution is -2.61. The summed E-state index contributed by atoms with van der Waals surface area (Å²) >= 11 is 3.44. The van der Waals surface area contributed by atoms with Crippen molar-refractivity contribution >= 4 is 27.5 Å². The normalized spacial score (nSPS) is 24.6. The van der Waals surface area contributed by atoms with Crippen molar-refractivity contribution in [2.24, 2.45) is 5.73 Å². The third-order valence-electron chi connectivity index (χ3n) is 2.90. The molecular weight excluding hydrogens is 282 g/mol. The summed E-state index contributed by atoms with van der Waals surface area (Å²) in [4.78, 5) is 13.9. The van der Waals surface area contributed by atoms with E-state index in [1.807, 2.05) is 31.2 Å². The molecule has 0 aliphatic carbocycles. The fraction of sp³-hybridized carbons (Fsp3) is 0.417. The Bertz CT molecular complexity index is 424. The minimum absolute atomic E-state index is 0.00576. The molecule has 2 rings (SSSR count). The third kappa shape index (κ3) is 2.61. The van der Waals surface area contributed by atoms with Crippen LogP contribution in [0.1, 0.15) is 6.92 Å². The van der Waals surface area contributed by atoms with Crippen LogP contribution in [0.2, 0.25) is 0 Å². The molecule has 1 aromatic carbocycles. The zero-order chi connectivity index (χ0) is 12.4. The van der Waals surface area contributed by atoms with Gasteiger partial charge in [-0.25, -0.2) is 0 Å². The van der Waals surface area contributed by atoms with Crippen LogP contribution in [0.5, 0.6) is 0 Å². The summed E-state index contributed by atoms with van der Waals surface area (Å²) in [7, 11) is 0. The molecule has 1 aromatic rings. The number of amides is 1. The lowest BCUT2D eigenvalue weighted by molar-refractivity contribution is -0.123. The van der Waals surface area contributed by atoms with Crippen molar-refractivity contribution in [1.82, 2.24) is 5.32 Å². The van der Waals surface area contributed by atoms with E-state index in [0.29, 0.717) is 6.54 Å². The minimum atomic E-state index is -0.277. The van der Waals surface area contributed by atoms with E-state index < -0.39 is 0 Å². The second kappa shape index (κ2) is 5.06. The first-order valence-electron chi connectivity index (χ1n) is 5.64. The van der Waals surface area contributed by atoms with Gasteiger partial charge in [-0.1, -0.05) is 22.0 Å². The van der Waals surface area contributed by atoms with Crippen LogP contribution in [0, 0.1) is 0 Å². The van der Waals surface area contributed by atoms with Gasteiger partial charge in [-0.3, -0.25) is 4.79 Å². The molecule has 92 valence electrons. The molecule has 3 N–H and O–H groups in total. The molecule has 1 aliphatic rings. The average Bonchev–Trinajstić information content (AvgIpc) is 2.28. The number of nitrogens with two attached hydrogens (primary N) is 1. The number of anilines is 1. The van der Waals surface area contributed by atoms with Crippen molar-refractivity contribution in [2.75, 3.05) is 18.0 Å². The summed E-state index contributed by atoms with van der Waals surface area (Å²) in [6.07, 6.45) is 0. The van der Waals surface area contributed by atoms with Gasteiger partial charge >= 0.3 is 0 Å². The fourth-order valence-electron chi connectivity index (χ4n) is 2.12.